The molecule has 0 aromatic heterocycles. The van der Waals surface area contributed by atoms with Crippen LogP contribution in [0.25, 0.3) is 0 Å². The maximum atomic E-state index is 3.90. The highest BCUT2D eigenvalue weighted by Gasteiger charge is 2.41. The van der Waals surface area contributed by atoms with Crippen LogP contribution in [0.2, 0.25) is 0 Å². The van der Waals surface area contributed by atoms with Crippen molar-refractivity contribution in [3.8, 4) is 0 Å². The lowest BCUT2D eigenvalue weighted by Gasteiger charge is -2.48. The van der Waals surface area contributed by atoms with Crippen molar-refractivity contribution < 1.29 is 0 Å². The van der Waals surface area contributed by atoms with Crippen LogP contribution in [0.15, 0.2) is 12.7 Å². The molecule has 0 heteroatoms. The highest BCUT2D eigenvalue weighted by Crippen LogP contribution is 2.49. The summed E-state index contributed by atoms with van der Waals surface area (Å²) in [6, 6.07) is 0. The molecule has 0 spiro atoms. The Kier molecular flexibility index (Phi) is 3.78. The van der Waals surface area contributed by atoms with E-state index in [2.05, 4.69) is 61.1 Å². The van der Waals surface area contributed by atoms with Crippen molar-refractivity contribution in [2.45, 2.75) is 48.5 Å². The molecule has 0 saturated carbocycles. The molecule has 0 aromatic rings. The lowest BCUT2D eigenvalue weighted by molar-refractivity contribution is 0.0238. The molecule has 13 heavy (non-hydrogen) atoms. The molecule has 0 amide bonds. The summed E-state index contributed by atoms with van der Waals surface area (Å²) in [5, 5.41) is 0. The van der Waals surface area contributed by atoms with Gasteiger partial charge in [-0.3, -0.25) is 0 Å². The number of hydrogen-bond acceptors (Lipinski definition) is 0. The van der Waals surface area contributed by atoms with E-state index >= 15 is 0 Å². The van der Waals surface area contributed by atoms with Gasteiger partial charge in [-0.2, -0.15) is 0 Å². The highest BCUT2D eigenvalue weighted by atomic mass is 14.5. The van der Waals surface area contributed by atoms with E-state index in [9.17, 15) is 0 Å². The molecule has 0 aliphatic carbocycles. The van der Waals surface area contributed by atoms with Gasteiger partial charge in [0.2, 0.25) is 0 Å². The average Bonchev–Trinajstić information content (AvgIpc) is 2.02. The Morgan fingerprint density at radius 3 is 1.54 bits per heavy atom. The van der Waals surface area contributed by atoms with Crippen LogP contribution in [-0.2, 0) is 0 Å². The van der Waals surface area contributed by atoms with Gasteiger partial charge in [0, 0.05) is 0 Å². The molecule has 0 aliphatic heterocycles. The summed E-state index contributed by atoms with van der Waals surface area (Å²) < 4.78 is 0. The van der Waals surface area contributed by atoms with E-state index in [0.717, 1.165) is 0 Å². The van der Waals surface area contributed by atoms with E-state index in [1.807, 2.05) is 0 Å². The Balaban J connectivity index is 4.90. The molecule has 1 unspecified atom stereocenters. The third kappa shape index (κ3) is 2.15. The Labute approximate surface area is 84.4 Å². The maximum Gasteiger partial charge on any atom is -0.0208 e. The van der Waals surface area contributed by atoms with Gasteiger partial charge in [0.05, 0.1) is 0 Å². The van der Waals surface area contributed by atoms with Gasteiger partial charge in [0.15, 0.2) is 0 Å². The van der Waals surface area contributed by atoms with E-state index in [-0.39, 0.29) is 0 Å². The molecule has 0 heterocycles. The van der Waals surface area contributed by atoms with Crippen molar-refractivity contribution in [3.63, 3.8) is 0 Å². The van der Waals surface area contributed by atoms with Gasteiger partial charge in [0.25, 0.3) is 0 Å². The quantitative estimate of drug-likeness (QED) is 0.561. The molecule has 0 bridgehead atoms. The summed E-state index contributed by atoms with van der Waals surface area (Å²) in [5.41, 5.74) is 0.656. The fraction of sp³-hybridized carbons (Fsp3) is 0.846. The van der Waals surface area contributed by atoms with Crippen molar-refractivity contribution in [1.29, 1.82) is 0 Å². The third-order valence-corrected chi connectivity index (χ3v) is 4.60. The summed E-state index contributed by atoms with van der Waals surface area (Å²) in [4.78, 5) is 0. The standard InChI is InChI=1S/C13H26/c1-9-11(4)13(7,8)12(5,6)10(2)3/h9-11H,1H2,2-8H3. The molecule has 0 fully saturated rings. The zero-order chi connectivity index (χ0) is 10.9. The molecule has 0 radical (unpaired) electrons. The van der Waals surface area contributed by atoms with E-state index in [1.165, 1.54) is 0 Å². The first kappa shape index (κ1) is 12.7. The van der Waals surface area contributed by atoms with Gasteiger partial charge < -0.3 is 0 Å². The van der Waals surface area contributed by atoms with Crippen LogP contribution in [0.3, 0.4) is 0 Å². The maximum absolute atomic E-state index is 3.90. The molecular weight excluding hydrogens is 156 g/mol. The molecule has 0 aliphatic rings. The molecule has 78 valence electrons. The Bertz CT molecular complexity index is 172. The topological polar surface area (TPSA) is 0 Å². The van der Waals surface area contributed by atoms with Gasteiger partial charge in [0.1, 0.15) is 0 Å². The van der Waals surface area contributed by atoms with Crippen LogP contribution in [0, 0.1) is 22.7 Å². The van der Waals surface area contributed by atoms with Crippen molar-refractivity contribution in [2.24, 2.45) is 22.7 Å². The summed E-state index contributed by atoms with van der Waals surface area (Å²) in [7, 11) is 0. The van der Waals surface area contributed by atoms with Crippen LogP contribution >= 0.6 is 0 Å². The minimum Gasteiger partial charge on any atom is -0.103 e. The molecule has 1 atom stereocenters. The normalized spacial score (nSPS) is 16.0. The largest absolute Gasteiger partial charge is 0.103 e. The lowest BCUT2D eigenvalue weighted by atomic mass is 9.57. The number of rotatable bonds is 4. The fourth-order valence-electron chi connectivity index (χ4n) is 1.63. The first-order valence-corrected chi connectivity index (χ1v) is 5.30. The molecule has 0 N–H and O–H groups in total. The van der Waals surface area contributed by atoms with Gasteiger partial charge in [-0.05, 0) is 22.7 Å². The summed E-state index contributed by atoms with van der Waals surface area (Å²) in [5.74, 6) is 1.26. The number of hydrogen-bond donors (Lipinski definition) is 0. The van der Waals surface area contributed by atoms with Crippen LogP contribution in [0.1, 0.15) is 48.5 Å². The predicted octanol–water partition coefficient (Wildman–Crippen LogP) is 4.52. The average molecular weight is 182 g/mol. The molecular formula is C13H26. The first-order chi connectivity index (χ1) is 5.67. The highest BCUT2D eigenvalue weighted by molar-refractivity contribution is 4.97. The Hall–Kier alpha value is -0.260. The predicted molar refractivity (Wildman–Crippen MR) is 61.8 cm³/mol. The molecule has 0 rings (SSSR count). The van der Waals surface area contributed by atoms with Crippen molar-refractivity contribution in [1.82, 2.24) is 0 Å². The molecule has 0 nitrogen and oxygen atoms in total. The van der Waals surface area contributed by atoms with Crippen molar-refractivity contribution >= 4 is 0 Å². The summed E-state index contributed by atoms with van der Waals surface area (Å²) in [6.45, 7) is 20.2. The van der Waals surface area contributed by atoms with Gasteiger partial charge in [-0.15, -0.1) is 6.58 Å². The van der Waals surface area contributed by atoms with E-state index in [0.29, 0.717) is 22.7 Å². The van der Waals surface area contributed by atoms with E-state index in [1.54, 1.807) is 0 Å². The Morgan fingerprint density at radius 1 is 0.923 bits per heavy atom. The van der Waals surface area contributed by atoms with Gasteiger partial charge >= 0.3 is 0 Å². The van der Waals surface area contributed by atoms with E-state index < -0.39 is 0 Å². The molecule has 0 saturated heterocycles. The third-order valence-electron chi connectivity index (χ3n) is 4.60. The second-order valence-corrected chi connectivity index (χ2v) is 5.62. The van der Waals surface area contributed by atoms with Crippen LogP contribution in [-0.4, -0.2) is 0 Å². The van der Waals surface area contributed by atoms with Crippen molar-refractivity contribution in [3.05, 3.63) is 12.7 Å². The van der Waals surface area contributed by atoms with Crippen LogP contribution in [0.4, 0.5) is 0 Å². The zero-order valence-corrected chi connectivity index (χ0v) is 10.4. The fourth-order valence-corrected chi connectivity index (χ4v) is 1.63. The second-order valence-electron chi connectivity index (χ2n) is 5.62. The Morgan fingerprint density at radius 2 is 1.31 bits per heavy atom. The minimum atomic E-state index is 0.308. The van der Waals surface area contributed by atoms with Crippen LogP contribution < -0.4 is 0 Å². The van der Waals surface area contributed by atoms with E-state index in [4.69, 9.17) is 0 Å². The smallest absolute Gasteiger partial charge is 0.0208 e. The van der Waals surface area contributed by atoms with Crippen molar-refractivity contribution in [2.75, 3.05) is 0 Å². The zero-order valence-electron chi connectivity index (χ0n) is 10.4. The monoisotopic (exact) mass is 182 g/mol. The van der Waals surface area contributed by atoms with Crippen LogP contribution in [0.5, 0.6) is 0 Å². The van der Waals surface area contributed by atoms with Gasteiger partial charge in [-0.1, -0.05) is 54.5 Å². The van der Waals surface area contributed by atoms with Gasteiger partial charge in [-0.25, -0.2) is 0 Å². The molecule has 0 aromatic carbocycles. The second kappa shape index (κ2) is 3.86. The summed E-state index contributed by atoms with van der Waals surface area (Å²) >= 11 is 0. The first-order valence-electron chi connectivity index (χ1n) is 5.30. The minimum absolute atomic E-state index is 0.308. The SMILES string of the molecule is C=CC(C)C(C)(C)C(C)(C)C(C)C. The summed E-state index contributed by atoms with van der Waals surface area (Å²) in [6.07, 6.45) is 2.07. The lowest BCUT2D eigenvalue weighted by Crippen LogP contribution is -2.41. The number of allylic oxidation sites excluding steroid dienone is 1.